The number of benzene rings is 1. The van der Waals surface area contributed by atoms with Crippen LogP contribution in [0.3, 0.4) is 0 Å². The lowest BCUT2D eigenvalue weighted by Gasteiger charge is -2.32. The Hall–Kier alpha value is -2.27. The molecule has 0 aliphatic carbocycles. The van der Waals surface area contributed by atoms with Crippen molar-refractivity contribution >= 4 is 44.9 Å². The number of anilines is 1. The highest BCUT2D eigenvalue weighted by Gasteiger charge is 2.31. The lowest BCUT2D eigenvalue weighted by atomic mass is 10.1. The summed E-state index contributed by atoms with van der Waals surface area (Å²) in [5.41, 5.74) is 0.277. The van der Waals surface area contributed by atoms with E-state index in [1.165, 1.54) is 39.9 Å². The highest BCUT2D eigenvalue weighted by molar-refractivity contribution is 7.89. The van der Waals surface area contributed by atoms with Crippen molar-refractivity contribution in [3.05, 3.63) is 46.3 Å². The van der Waals surface area contributed by atoms with E-state index >= 15 is 0 Å². The van der Waals surface area contributed by atoms with Gasteiger partial charge in [-0.05, 0) is 56.2 Å². The summed E-state index contributed by atoms with van der Waals surface area (Å²) in [5, 5.41) is 10.2. The van der Waals surface area contributed by atoms with Gasteiger partial charge in [-0.3, -0.25) is 10.1 Å². The fourth-order valence-electron chi connectivity index (χ4n) is 3.31. The molecular formula is C19H19ClN4O4S2. The van der Waals surface area contributed by atoms with Crippen molar-refractivity contribution < 1.29 is 17.6 Å². The highest BCUT2D eigenvalue weighted by atomic mass is 35.5. The van der Waals surface area contributed by atoms with Gasteiger partial charge in [-0.15, -0.1) is 16.4 Å². The fourth-order valence-corrected chi connectivity index (χ4v) is 5.98. The maximum Gasteiger partial charge on any atom is 0.322 e. The molecule has 3 aromatic rings. The number of sulfonamides is 1. The van der Waals surface area contributed by atoms with E-state index in [1.54, 1.807) is 12.1 Å². The van der Waals surface area contributed by atoms with Gasteiger partial charge in [0.15, 0.2) is 0 Å². The average molecular weight is 467 g/mol. The first-order valence-electron chi connectivity index (χ1n) is 9.37. The van der Waals surface area contributed by atoms with E-state index in [9.17, 15) is 13.2 Å². The van der Waals surface area contributed by atoms with Crippen LogP contribution in [-0.2, 0) is 10.0 Å². The molecule has 0 saturated carbocycles. The Bertz CT molecular complexity index is 1160. The molecule has 1 aliphatic rings. The van der Waals surface area contributed by atoms with Crippen LogP contribution in [0.1, 0.15) is 36.5 Å². The van der Waals surface area contributed by atoms with E-state index in [1.807, 2.05) is 6.92 Å². The Morgan fingerprint density at radius 2 is 1.97 bits per heavy atom. The van der Waals surface area contributed by atoms with Crippen LogP contribution in [0.2, 0.25) is 4.34 Å². The second-order valence-corrected chi connectivity index (χ2v) is 10.6. The fraction of sp³-hybridized carbons (Fsp3) is 0.316. The molecule has 3 heterocycles. The molecule has 4 rings (SSSR count). The molecule has 1 atom stereocenters. The van der Waals surface area contributed by atoms with Crippen LogP contribution in [0.25, 0.3) is 10.8 Å². The number of nitrogens with one attached hydrogen (secondary N) is 1. The second kappa shape index (κ2) is 8.46. The highest BCUT2D eigenvalue weighted by Crippen LogP contribution is 2.31. The van der Waals surface area contributed by atoms with Gasteiger partial charge in [-0.1, -0.05) is 23.1 Å². The molecule has 2 aromatic heterocycles. The van der Waals surface area contributed by atoms with Gasteiger partial charge in [0.25, 0.3) is 11.8 Å². The maximum absolute atomic E-state index is 12.9. The molecule has 11 heteroatoms. The van der Waals surface area contributed by atoms with Gasteiger partial charge in [0.05, 0.1) is 14.1 Å². The lowest BCUT2D eigenvalue weighted by molar-refractivity contribution is 0.102. The Labute approximate surface area is 182 Å². The van der Waals surface area contributed by atoms with E-state index in [2.05, 4.69) is 15.5 Å². The van der Waals surface area contributed by atoms with Gasteiger partial charge in [0.1, 0.15) is 0 Å². The minimum absolute atomic E-state index is 0.0309. The molecule has 1 aromatic carbocycles. The van der Waals surface area contributed by atoms with Crippen molar-refractivity contribution in [1.29, 1.82) is 0 Å². The van der Waals surface area contributed by atoms with E-state index in [4.69, 9.17) is 16.0 Å². The van der Waals surface area contributed by atoms with Gasteiger partial charge in [-0.2, -0.15) is 4.31 Å². The first-order chi connectivity index (χ1) is 14.3. The molecule has 8 nitrogen and oxygen atoms in total. The lowest BCUT2D eigenvalue weighted by Crippen LogP contribution is -2.41. The monoisotopic (exact) mass is 466 g/mol. The predicted octanol–water partition coefficient (Wildman–Crippen LogP) is 4.27. The second-order valence-electron chi connectivity index (χ2n) is 6.96. The molecule has 0 bridgehead atoms. The summed E-state index contributed by atoms with van der Waals surface area (Å²) in [6, 6.07) is 9.19. The number of rotatable bonds is 5. The number of amides is 1. The normalized spacial score (nSPS) is 17.7. The van der Waals surface area contributed by atoms with Gasteiger partial charge in [0.2, 0.25) is 10.0 Å². The summed E-state index contributed by atoms with van der Waals surface area (Å²) < 4.78 is 33.3. The van der Waals surface area contributed by atoms with Crippen LogP contribution in [0.4, 0.5) is 6.01 Å². The number of hydrogen-bond acceptors (Lipinski definition) is 7. The molecule has 158 valence electrons. The predicted molar refractivity (Wildman–Crippen MR) is 114 cm³/mol. The molecule has 1 saturated heterocycles. The zero-order chi connectivity index (χ0) is 21.3. The van der Waals surface area contributed by atoms with E-state index in [0.29, 0.717) is 15.8 Å². The summed E-state index contributed by atoms with van der Waals surface area (Å²) in [7, 11) is -3.59. The van der Waals surface area contributed by atoms with Gasteiger partial charge < -0.3 is 4.42 Å². The Morgan fingerprint density at radius 1 is 1.20 bits per heavy atom. The topological polar surface area (TPSA) is 105 Å². The summed E-state index contributed by atoms with van der Waals surface area (Å²) >= 11 is 7.18. The van der Waals surface area contributed by atoms with E-state index in [-0.39, 0.29) is 28.4 Å². The first-order valence-corrected chi connectivity index (χ1v) is 12.0. The van der Waals surface area contributed by atoms with Crippen molar-refractivity contribution in [1.82, 2.24) is 14.5 Å². The van der Waals surface area contributed by atoms with Crippen molar-refractivity contribution in [3.8, 4) is 10.8 Å². The quantitative estimate of drug-likeness (QED) is 0.602. The van der Waals surface area contributed by atoms with Crippen LogP contribution in [0, 0.1) is 0 Å². The summed E-state index contributed by atoms with van der Waals surface area (Å²) in [5.74, 6) is -0.232. The number of halogens is 1. The molecule has 0 radical (unpaired) electrons. The largest absolute Gasteiger partial charge is 0.402 e. The van der Waals surface area contributed by atoms with Crippen LogP contribution in [-0.4, -0.2) is 41.4 Å². The van der Waals surface area contributed by atoms with Gasteiger partial charge in [-0.25, -0.2) is 8.42 Å². The summed E-state index contributed by atoms with van der Waals surface area (Å²) in [6.07, 6.45) is 2.74. The molecule has 0 spiro atoms. The third-order valence-corrected chi connectivity index (χ3v) is 8.14. The number of nitrogens with zero attached hydrogens (tertiary/aromatic N) is 3. The zero-order valence-corrected chi connectivity index (χ0v) is 18.4. The number of hydrogen-bond donors (Lipinski definition) is 1. The van der Waals surface area contributed by atoms with Crippen molar-refractivity contribution in [2.75, 3.05) is 11.9 Å². The van der Waals surface area contributed by atoms with E-state index < -0.39 is 15.9 Å². The number of carbonyl (C=O) groups is 1. The first kappa shape index (κ1) is 21.0. The Kier molecular flexibility index (Phi) is 5.92. The van der Waals surface area contributed by atoms with Gasteiger partial charge >= 0.3 is 6.01 Å². The van der Waals surface area contributed by atoms with Crippen molar-refractivity contribution in [2.24, 2.45) is 0 Å². The number of carbonyl (C=O) groups excluding carboxylic acids is 1. The molecule has 1 amide bonds. The summed E-state index contributed by atoms with van der Waals surface area (Å²) in [6.45, 7) is 2.43. The SMILES string of the molecule is C[C@@H]1CCCCN1S(=O)(=O)c1ccc(C(=O)Nc2nnc(-c3ccc(Cl)s3)o2)cc1. The number of thiophene rings is 1. The molecule has 1 N–H and O–H groups in total. The Balaban J connectivity index is 1.46. The van der Waals surface area contributed by atoms with Crippen LogP contribution in [0.5, 0.6) is 0 Å². The number of aromatic nitrogens is 2. The molecular weight excluding hydrogens is 448 g/mol. The summed E-state index contributed by atoms with van der Waals surface area (Å²) in [4.78, 5) is 13.3. The van der Waals surface area contributed by atoms with Crippen LogP contribution in [0.15, 0.2) is 45.7 Å². The van der Waals surface area contributed by atoms with Crippen molar-refractivity contribution in [2.45, 2.75) is 37.1 Å². The van der Waals surface area contributed by atoms with Crippen LogP contribution >= 0.6 is 22.9 Å². The van der Waals surface area contributed by atoms with Crippen LogP contribution < -0.4 is 5.32 Å². The molecule has 1 aliphatic heterocycles. The minimum atomic E-state index is -3.59. The molecule has 0 unspecified atom stereocenters. The third kappa shape index (κ3) is 4.27. The maximum atomic E-state index is 12.9. The molecule has 1 fully saturated rings. The smallest absolute Gasteiger partial charge is 0.322 e. The zero-order valence-electron chi connectivity index (χ0n) is 16.0. The molecule has 30 heavy (non-hydrogen) atoms. The number of piperidine rings is 1. The van der Waals surface area contributed by atoms with Crippen molar-refractivity contribution in [3.63, 3.8) is 0 Å². The third-order valence-electron chi connectivity index (χ3n) is 4.89. The van der Waals surface area contributed by atoms with E-state index in [0.717, 1.165) is 19.3 Å². The minimum Gasteiger partial charge on any atom is -0.402 e. The van der Waals surface area contributed by atoms with Gasteiger partial charge in [0, 0.05) is 18.2 Å². The average Bonchev–Trinajstić information content (AvgIpc) is 3.37. The Morgan fingerprint density at radius 3 is 2.63 bits per heavy atom. The standard InChI is InChI=1S/C19H19ClN4O4S2/c1-12-4-2-3-11-24(12)30(26,27)14-7-5-13(6-8-14)17(25)21-19-23-22-18(28-19)15-9-10-16(20)29-15/h5-10,12H,2-4,11H2,1H3,(H,21,23,25)/t12-/m1/s1.